The van der Waals surface area contributed by atoms with Gasteiger partial charge in [0.2, 0.25) is 9.84 Å². The molecule has 0 fully saturated rings. The molecule has 0 amide bonds. The third kappa shape index (κ3) is 4.67. The molecule has 0 aliphatic rings. The highest BCUT2D eigenvalue weighted by Gasteiger charge is 2.39. The van der Waals surface area contributed by atoms with Crippen molar-refractivity contribution in [2.75, 3.05) is 13.2 Å². The molecule has 0 N–H and O–H groups in total. The molecule has 0 unspecified atom stereocenters. The van der Waals surface area contributed by atoms with Gasteiger partial charge in [0.15, 0.2) is 4.65 Å². The molecule has 5 nitrogen and oxygen atoms in total. The van der Waals surface area contributed by atoms with Crippen LogP contribution in [0.2, 0.25) is 0 Å². The van der Waals surface area contributed by atoms with Gasteiger partial charge in [-0.3, -0.25) is 4.57 Å². The van der Waals surface area contributed by atoms with Crippen molar-refractivity contribution in [3.63, 3.8) is 0 Å². The molecule has 0 heterocycles. The largest absolute Gasteiger partial charge is 0.373 e. The molecular formula is C18H21O5PS. The lowest BCUT2D eigenvalue weighted by atomic mass is 10.2. The SMILES string of the molecule is CCOP(=O)(OCC)/C(=C\c1ccccc1)S(=O)(=O)c1ccccc1. The maximum absolute atomic E-state index is 13.2. The van der Waals surface area contributed by atoms with E-state index in [9.17, 15) is 13.0 Å². The Morgan fingerprint density at radius 1 is 0.920 bits per heavy atom. The summed E-state index contributed by atoms with van der Waals surface area (Å²) in [5, 5.41) is 0. The Labute approximate surface area is 148 Å². The zero-order valence-electron chi connectivity index (χ0n) is 14.2. The molecule has 2 rings (SSSR count). The van der Waals surface area contributed by atoms with Crippen LogP contribution in [0.5, 0.6) is 0 Å². The molecule has 2 aromatic carbocycles. The Kier molecular flexibility index (Phi) is 6.73. The molecule has 0 radical (unpaired) electrons. The molecule has 0 aliphatic carbocycles. The monoisotopic (exact) mass is 380 g/mol. The Balaban J connectivity index is 2.69. The van der Waals surface area contributed by atoms with Crippen LogP contribution in [-0.2, 0) is 23.4 Å². The average molecular weight is 380 g/mol. The highest BCUT2D eigenvalue weighted by atomic mass is 32.2. The fourth-order valence-electron chi connectivity index (χ4n) is 2.22. The van der Waals surface area contributed by atoms with Crippen molar-refractivity contribution in [2.45, 2.75) is 18.7 Å². The predicted molar refractivity (Wildman–Crippen MR) is 98.9 cm³/mol. The number of benzene rings is 2. The Morgan fingerprint density at radius 2 is 1.40 bits per heavy atom. The van der Waals surface area contributed by atoms with Gasteiger partial charge in [-0.1, -0.05) is 48.5 Å². The molecule has 0 bridgehead atoms. The molecule has 0 aliphatic heterocycles. The summed E-state index contributed by atoms with van der Waals surface area (Å²) in [5.74, 6) is 0. The normalized spacial score (nSPS) is 13.0. The Hall–Kier alpha value is -1.72. The summed E-state index contributed by atoms with van der Waals surface area (Å²) in [6.07, 6.45) is 1.36. The van der Waals surface area contributed by atoms with Crippen LogP contribution in [0, 0.1) is 0 Å². The maximum atomic E-state index is 13.2. The van der Waals surface area contributed by atoms with Gasteiger partial charge >= 0.3 is 7.60 Å². The Bertz CT molecular complexity index is 851. The van der Waals surface area contributed by atoms with E-state index in [4.69, 9.17) is 9.05 Å². The van der Waals surface area contributed by atoms with E-state index < -0.39 is 17.4 Å². The lowest BCUT2D eigenvalue weighted by Gasteiger charge is -2.20. The first-order valence-corrected chi connectivity index (χ1v) is 10.9. The maximum Gasteiger partial charge on any atom is 0.373 e. The lowest BCUT2D eigenvalue weighted by Crippen LogP contribution is -2.09. The first kappa shape index (κ1) is 19.6. The van der Waals surface area contributed by atoms with E-state index in [0.717, 1.165) is 0 Å². The lowest BCUT2D eigenvalue weighted by molar-refractivity contribution is 0.228. The molecule has 0 saturated carbocycles. The van der Waals surface area contributed by atoms with Crippen molar-refractivity contribution < 1.29 is 22.0 Å². The summed E-state index contributed by atoms with van der Waals surface area (Å²) in [5.41, 5.74) is 0.594. The van der Waals surface area contributed by atoms with Gasteiger partial charge in [-0.25, -0.2) is 8.42 Å². The van der Waals surface area contributed by atoms with Gasteiger partial charge in [0.05, 0.1) is 18.1 Å². The van der Waals surface area contributed by atoms with Crippen molar-refractivity contribution >= 4 is 23.5 Å². The number of rotatable bonds is 8. The smallest absolute Gasteiger partial charge is 0.305 e. The first-order chi connectivity index (χ1) is 11.9. The summed E-state index contributed by atoms with van der Waals surface area (Å²) in [4.78, 5) is 0.0387. The van der Waals surface area contributed by atoms with Crippen molar-refractivity contribution in [3.8, 4) is 0 Å². The molecule has 0 atom stereocenters. The van der Waals surface area contributed by atoms with Crippen LogP contribution < -0.4 is 0 Å². The number of hydrogen-bond acceptors (Lipinski definition) is 5. The average Bonchev–Trinajstić information content (AvgIpc) is 2.61. The molecule has 0 saturated heterocycles. The summed E-state index contributed by atoms with van der Waals surface area (Å²) in [6, 6.07) is 16.6. The fraction of sp³-hybridized carbons (Fsp3) is 0.222. The van der Waals surface area contributed by atoms with Gasteiger partial charge in [-0.15, -0.1) is 0 Å². The zero-order chi connectivity index (χ0) is 18.3. The van der Waals surface area contributed by atoms with E-state index in [-0.39, 0.29) is 22.8 Å². The second kappa shape index (κ2) is 8.59. The van der Waals surface area contributed by atoms with Gasteiger partial charge in [0.1, 0.15) is 0 Å². The summed E-state index contributed by atoms with van der Waals surface area (Å²) in [7, 11) is -8.06. The van der Waals surface area contributed by atoms with E-state index in [1.165, 1.54) is 18.2 Å². The van der Waals surface area contributed by atoms with Gasteiger partial charge in [-0.2, -0.15) is 0 Å². The second-order valence-corrected chi connectivity index (χ2v) is 9.26. The van der Waals surface area contributed by atoms with Crippen LogP contribution >= 0.6 is 7.60 Å². The van der Waals surface area contributed by atoms with Crippen molar-refractivity contribution in [1.82, 2.24) is 0 Å². The minimum Gasteiger partial charge on any atom is -0.305 e. The Morgan fingerprint density at radius 3 is 1.88 bits per heavy atom. The van der Waals surface area contributed by atoms with E-state index in [1.807, 2.05) is 6.07 Å². The van der Waals surface area contributed by atoms with E-state index >= 15 is 0 Å². The van der Waals surface area contributed by atoms with Crippen LogP contribution in [0.3, 0.4) is 0 Å². The summed E-state index contributed by atoms with van der Waals surface area (Å²) < 4.78 is 49.7. The molecule has 134 valence electrons. The van der Waals surface area contributed by atoms with Crippen molar-refractivity contribution in [1.29, 1.82) is 0 Å². The molecule has 25 heavy (non-hydrogen) atoms. The van der Waals surface area contributed by atoms with Gasteiger partial charge in [0.25, 0.3) is 0 Å². The third-order valence-electron chi connectivity index (χ3n) is 3.29. The predicted octanol–water partition coefficient (Wildman–Crippen LogP) is 4.73. The number of hydrogen-bond donors (Lipinski definition) is 0. The third-order valence-corrected chi connectivity index (χ3v) is 8.10. The van der Waals surface area contributed by atoms with Gasteiger partial charge in [-0.05, 0) is 37.6 Å². The molecule has 0 aromatic heterocycles. The summed E-state index contributed by atoms with van der Waals surface area (Å²) >= 11 is 0. The summed E-state index contributed by atoms with van der Waals surface area (Å²) in [6.45, 7) is 3.41. The minimum atomic E-state index is -4.05. The van der Waals surface area contributed by atoms with Crippen LogP contribution in [0.25, 0.3) is 6.08 Å². The standard InChI is InChI=1S/C18H21O5PS/c1-3-22-24(19,23-4-2)18(15-16-11-7-5-8-12-16)25(20,21)17-13-9-6-10-14-17/h5-15H,3-4H2,1-2H3/b18-15+. The number of sulfone groups is 1. The first-order valence-electron chi connectivity index (χ1n) is 7.90. The van der Waals surface area contributed by atoms with E-state index in [2.05, 4.69) is 0 Å². The van der Waals surface area contributed by atoms with Crippen molar-refractivity contribution in [3.05, 3.63) is 70.9 Å². The minimum absolute atomic E-state index is 0.0387. The van der Waals surface area contributed by atoms with E-state index in [0.29, 0.717) is 5.56 Å². The van der Waals surface area contributed by atoms with Crippen LogP contribution in [-0.4, -0.2) is 21.6 Å². The van der Waals surface area contributed by atoms with Gasteiger partial charge < -0.3 is 9.05 Å². The molecular weight excluding hydrogens is 359 g/mol. The molecule has 0 spiro atoms. The van der Waals surface area contributed by atoms with Crippen molar-refractivity contribution in [2.24, 2.45) is 0 Å². The van der Waals surface area contributed by atoms with Gasteiger partial charge in [0, 0.05) is 0 Å². The van der Waals surface area contributed by atoms with Crippen LogP contribution in [0.15, 0.2) is 70.2 Å². The fourth-order valence-corrected chi connectivity index (χ4v) is 6.39. The highest BCUT2D eigenvalue weighted by molar-refractivity contribution is 8.03. The van der Waals surface area contributed by atoms with E-state index in [1.54, 1.807) is 56.3 Å². The quantitative estimate of drug-likeness (QED) is 0.620. The zero-order valence-corrected chi connectivity index (χ0v) is 15.9. The van der Waals surface area contributed by atoms with Crippen LogP contribution in [0.1, 0.15) is 19.4 Å². The van der Waals surface area contributed by atoms with Crippen LogP contribution in [0.4, 0.5) is 0 Å². The molecule has 2 aromatic rings. The second-order valence-electron chi connectivity index (χ2n) is 5.04. The molecule has 7 heteroatoms. The topological polar surface area (TPSA) is 69.7 Å². The highest BCUT2D eigenvalue weighted by Crippen LogP contribution is 2.59.